The molecule has 14 aromatic carbocycles. The fourth-order valence-corrected chi connectivity index (χ4v) is 16.3. The van der Waals surface area contributed by atoms with E-state index in [9.17, 15) is 0 Å². The van der Waals surface area contributed by atoms with Gasteiger partial charge in [0.25, 0.3) is 0 Å². The molecule has 0 bridgehead atoms. The summed E-state index contributed by atoms with van der Waals surface area (Å²) in [6.45, 7) is 94.7. The molecular weight excluding hydrogens is 1680 g/mol. The molecule has 0 heterocycles. The first-order valence-corrected chi connectivity index (χ1v) is 51.7. The first kappa shape index (κ1) is 114. The van der Waals surface area contributed by atoms with Crippen molar-refractivity contribution in [2.75, 3.05) is 0 Å². The summed E-state index contributed by atoms with van der Waals surface area (Å²) < 4.78 is 0. The zero-order valence-electron chi connectivity index (χ0n) is 95.3. The first-order valence-electron chi connectivity index (χ1n) is 51.7. The van der Waals surface area contributed by atoms with Gasteiger partial charge < -0.3 is 0 Å². The second kappa shape index (κ2) is 45.6. The monoisotopic (exact) mass is 1860 g/mol. The van der Waals surface area contributed by atoms with E-state index in [1.165, 1.54) is 156 Å². The topological polar surface area (TPSA) is 0 Å². The van der Waals surface area contributed by atoms with Gasteiger partial charge in [-0.3, -0.25) is 0 Å². The van der Waals surface area contributed by atoms with Crippen LogP contribution in [-0.2, 0) is 75.8 Å². The highest BCUT2D eigenvalue weighted by Crippen LogP contribution is 2.40. The van der Waals surface area contributed by atoms with Crippen molar-refractivity contribution < 1.29 is 0 Å². The van der Waals surface area contributed by atoms with Gasteiger partial charge in [-0.25, -0.2) is 0 Å². The minimum atomic E-state index is 0.171. The zero-order valence-corrected chi connectivity index (χ0v) is 95.3. The largest absolute Gasteiger partial charge is 0.0617 e. The van der Waals surface area contributed by atoms with Crippen LogP contribution in [0.25, 0.3) is 77.9 Å². The normalized spacial score (nSPS) is 12.5. The Bertz CT molecular complexity index is 5850. The Labute approximate surface area is 856 Å². The number of rotatable bonds is 7. The maximum Gasteiger partial charge on any atom is -0.0132 e. The van der Waals surface area contributed by atoms with E-state index in [2.05, 4.69) is 631 Å². The molecule has 0 radical (unpaired) electrons. The van der Waals surface area contributed by atoms with Gasteiger partial charge in [0.2, 0.25) is 0 Å². The van der Waals surface area contributed by atoms with Crippen molar-refractivity contribution >= 4 is 0 Å². The molecule has 0 aromatic heterocycles. The van der Waals surface area contributed by atoms with E-state index in [0.717, 1.165) is 0 Å². The van der Waals surface area contributed by atoms with Gasteiger partial charge in [-0.2, -0.15) is 0 Å². The fraction of sp³-hybridized carbons (Fsp3) is 0.400. The molecule has 0 fully saturated rings. The summed E-state index contributed by atoms with van der Waals surface area (Å²) in [4.78, 5) is 0. The van der Waals surface area contributed by atoms with Gasteiger partial charge >= 0.3 is 0 Å². The predicted molar refractivity (Wildman–Crippen MR) is 625 cm³/mol. The predicted octanol–water partition coefficient (Wildman–Crippen LogP) is 41.6. The van der Waals surface area contributed by atoms with E-state index < -0.39 is 0 Å². The molecule has 0 aliphatic heterocycles. The standard InChI is InChI=1S/2C26H30.3C20H26.2C14H22/c1-25(2,3)23-15-11-21(12-16-23)19-7-9-20(10-8-19)22-13-17-24(18-14-22)26(4,5)6;1-25(2,3)23-16-14-20(15-17-23)19-10-12-21(13-11-19)22-8-7-9-24(18-22)26(4,5)6;1-19(2,3)17-11-7-15(8-12-17)16-9-13-18(14-10-16)20(4,5)6;2*1-19(2,3)17-12-10-15(11-13-17)16-8-7-9-18(14-16)20(4,5)6;1-13(2,3)11-7-9-12(10-8-11)14(4,5)6;1-13(2,3)11-8-7-9-12(10-11)14(4,5)6/h2*7-18H,1-6H3;3*7-14H,1-6H3;2*7-10H,1-6H3. The Morgan fingerprint density at radius 1 is 0.0786 bits per heavy atom. The maximum atomic E-state index is 2.33. The number of hydrogen-bond donors (Lipinski definition) is 0. The first-order chi connectivity index (χ1) is 64.2. The van der Waals surface area contributed by atoms with Crippen molar-refractivity contribution in [3.63, 3.8) is 0 Å². The van der Waals surface area contributed by atoms with E-state index >= 15 is 0 Å². The molecule has 0 saturated carbocycles. The summed E-state index contributed by atoms with van der Waals surface area (Å²) in [7, 11) is 0. The highest BCUT2D eigenvalue weighted by molar-refractivity contribution is 5.74. The van der Waals surface area contributed by atoms with Crippen LogP contribution in [0.1, 0.15) is 369 Å². The van der Waals surface area contributed by atoms with Gasteiger partial charge in [0.05, 0.1) is 0 Å². The van der Waals surface area contributed by atoms with Gasteiger partial charge in [-0.05, 0) is 232 Å². The lowest BCUT2D eigenvalue weighted by Crippen LogP contribution is -2.15. The van der Waals surface area contributed by atoms with Crippen LogP contribution in [0.5, 0.6) is 0 Å². The Balaban J connectivity index is 0.000000202. The van der Waals surface area contributed by atoms with E-state index in [1.807, 2.05) is 0 Å². The molecule has 0 unspecified atom stereocenters. The third kappa shape index (κ3) is 34.8. The quantitative estimate of drug-likeness (QED) is 0.149. The summed E-state index contributed by atoms with van der Waals surface area (Å²) in [5.74, 6) is 0. The molecule has 0 spiro atoms. The van der Waals surface area contributed by atoms with E-state index in [0.29, 0.717) is 0 Å². The van der Waals surface area contributed by atoms with Crippen LogP contribution in [-0.4, -0.2) is 0 Å². The van der Waals surface area contributed by atoms with E-state index in [-0.39, 0.29) is 75.8 Å². The smallest absolute Gasteiger partial charge is 0.0132 e. The second-order valence-corrected chi connectivity index (χ2v) is 53.6. The minimum absolute atomic E-state index is 0.171. The Kier molecular flexibility index (Phi) is 37.2. The summed E-state index contributed by atoms with van der Waals surface area (Å²) >= 11 is 0. The molecule has 140 heavy (non-hydrogen) atoms. The second-order valence-electron chi connectivity index (χ2n) is 53.6. The lowest BCUT2D eigenvalue weighted by Gasteiger charge is -2.24. The van der Waals surface area contributed by atoms with Gasteiger partial charge in [-0.1, -0.05) is 631 Å². The molecule has 0 N–H and O–H groups in total. The average molecular weight is 1860 g/mol. The van der Waals surface area contributed by atoms with Crippen LogP contribution in [0, 0.1) is 0 Å². The molecule has 0 nitrogen and oxygen atoms in total. The molecule has 14 aromatic rings. The molecule has 0 heteroatoms. The van der Waals surface area contributed by atoms with Gasteiger partial charge in [0, 0.05) is 0 Å². The Morgan fingerprint density at radius 2 is 0.164 bits per heavy atom. The summed E-state index contributed by atoms with van der Waals surface area (Å²) in [6, 6.07) is 125. The summed E-state index contributed by atoms with van der Waals surface area (Å²) in [5, 5.41) is 0. The van der Waals surface area contributed by atoms with Gasteiger partial charge in [0.15, 0.2) is 0 Å². The van der Waals surface area contributed by atoms with Crippen molar-refractivity contribution in [2.45, 2.75) is 367 Å². The summed E-state index contributed by atoms with van der Waals surface area (Å²) in [6.07, 6.45) is 0. The average Bonchev–Trinajstić information content (AvgIpc) is 0.776. The van der Waals surface area contributed by atoms with Crippen molar-refractivity contribution in [1.29, 1.82) is 0 Å². The van der Waals surface area contributed by atoms with Crippen LogP contribution in [0.2, 0.25) is 0 Å². The van der Waals surface area contributed by atoms with Crippen LogP contribution in [0.3, 0.4) is 0 Å². The van der Waals surface area contributed by atoms with Gasteiger partial charge in [0.1, 0.15) is 0 Å². The van der Waals surface area contributed by atoms with Crippen LogP contribution in [0.4, 0.5) is 0 Å². The Morgan fingerprint density at radius 3 is 0.279 bits per heavy atom. The molecule has 0 atom stereocenters. The third-order valence-electron chi connectivity index (χ3n) is 26.8. The number of benzene rings is 14. The molecular formula is C140H182. The highest BCUT2D eigenvalue weighted by atomic mass is 14.3. The van der Waals surface area contributed by atoms with E-state index in [1.54, 1.807) is 0 Å². The lowest BCUT2D eigenvalue weighted by atomic mass is 9.81. The van der Waals surface area contributed by atoms with Crippen molar-refractivity contribution in [3.05, 3.63) is 418 Å². The zero-order chi connectivity index (χ0) is 105. The molecule has 14 rings (SSSR count). The SMILES string of the molecule is CC(C)(C)c1ccc(-c2ccc(-c3ccc(C(C)(C)C)cc3)cc2)cc1.CC(C)(C)c1ccc(-c2ccc(-c3cccc(C(C)(C)C)c3)cc2)cc1.CC(C)(C)c1ccc(-c2ccc(C(C)(C)C)cc2)cc1.CC(C)(C)c1ccc(-c2cccc(C(C)(C)C)c2)cc1.CC(C)(C)c1ccc(-c2cccc(C(C)(C)C)c2)cc1.CC(C)(C)c1ccc(C(C)(C)C)cc1.CC(C)(C)c1cccc(C(C)(C)C)c1. The van der Waals surface area contributed by atoms with Crippen molar-refractivity contribution in [2.24, 2.45) is 0 Å². The van der Waals surface area contributed by atoms with Crippen LogP contribution in [0.15, 0.2) is 340 Å². The van der Waals surface area contributed by atoms with Crippen molar-refractivity contribution in [3.8, 4) is 77.9 Å². The van der Waals surface area contributed by atoms with Crippen molar-refractivity contribution in [1.82, 2.24) is 0 Å². The number of hydrogen-bond acceptors (Lipinski definition) is 0. The molecule has 0 amide bonds. The molecule has 0 aliphatic rings. The molecule has 742 valence electrons. The van der Waals surface area contributed by atoms with Gasteiger partial charge in [-0.15, -0.1) is 0 Å². The maximum absolute atomic E-state index is 2.33. The molecule has 0 aliphatic carbocycles. The molecule has 0 saturated heterocycles. The minimum Gasteiger partial charge on any atom is -0.0617 e. The third-order valence-corrected chi connectivity index (χ3v) is 26.8. The van der Waals surface area contributed by atoms with Crippen LogP contribution < -0.4 is 0 Å². The van der Waals surface area contributed by atoms with Crippen LogP contribution >= 0.6 is 0 Å². The highest BCUT2D eigenvalue weighted by Gasteiger charge is 2.26. The van der Waals surface area contributed by atoms with E-state index in [4.69, 9.17) is 0 Å². The Hall–Kier alpha value is -10.9. The lowest BCUT2D eigenvalue weighted by molar-refractivity contribution is 0.568. The fourth-order valence-electron chi connectivity index (χ4n) is 16.3. The summed E-state index contributed by atoms with van der Waals surface area (Å²) in [5.41, 5.74) is 40.4.